The Morgan fingerprint density at radius 3 is 2.83 bits per heavy atom. The first-order valence-electron chi connectivity index (χ1n) is 5.60. The van der Waals surface area contributed by atoms with Crippen LogP contribution >= 0.6 is 27.5 Å². The van der Waals surface area contributed by atoms with Crippen LogP contribution in [0.25, 0.3) is 0 Å². The molecule has 18 heavy (non-hydrogen) atoms. The molecule has 0 aliphatic heterocycles. The smallest absolute Gasteiger partial charge is 0.331 e. The second kappa shape index (κ2) is 6.38. The average Bonchev–Trinajstić information content (AvgIpc) is 2.32. The summed E-state index contributed by atoms with van der Waals surface area (Å²) < 4.78 is 5.61. The summed E-state index contributed by atoms with van der Waals surface area (Å²) in [7, 11) is 1.37. The van der Waals surface area contributed by atoms with Gasteiger partial charge in [-0.1, -0.05) is 24.9 Å². The van der Waals surface area contributed by atoms with Crippen molar-refractivity contribution < 1.29 is 9.53 Å². The van der Waals surface area contributed by atoms with Crippen LogP contribution in [0.1, 0.15) is 26.7 Å². The third-order valence-electron chi connectivity index (χ3n) is 2.59. The molecule has 0 fully saturated rings. The molecule has 4 nitrogen and oxygen atoms in total. The fraction of sp³-hybridized carbons (Fsp3) is 0.500. The van der Waals surface area contributed by atoms with E-state index in [-0.39, 0.29) is 5.97 Å². The number of methoxy groups -OCH3 is 1. The molecule has 1 rings (SSSR count). The third kappa shape index (κ3) is 3.59. The second-order valence-corrected chi connectivity index (χ2v) is 5.51. The molecule has 0 aliphatic carbocycles. The fourth-order valence-corrected chi connectivity index (χ4v) is 2.39. The first-order valence-corrected chi connectivity index (χ1v) is 6.77. The number of carbonyl (C=O) groups is 1. The normalized spacial score (nSPS) is 13.8. The molecule has 1 aromatic heterocycles. The molecule has 0 radical (unpaired) electrons. The molecule has 0 saturated heterocycles. The van der Waals surface area contributed by atoms with Crippen LogP contribution in [0.3, 0.4) is 0 Å². The maximum Gasteiger partial charge on any atom is 0.331 e. The Morgan fingerprint density at radius 2 is 2.33 bits per heavy atom. The highest BCUT2D eigenvalue weighted by Crippen LogP contribution is 2.27. The number of esters is 1. The third-order valence-corrected chi connectivity index (χ3v) is 3.31. The van der Waals surface area contributed by atoms with Crippen LogP contribution in [0.4, 0.5) is 5.82 Å². The Morgan fingerprint density at radius 1 is 1.67 bits per heavy atom. The van der Waals surface area contributed by atoms with E-state index >= 15 is 0 Å². The molecule has 6 heteroatoms. The number of hydrogen-bond donors (Lipinski definition) is 1. The predicted molar refractivity (Wildman–Crippen MR) is 75.9 cm³/mol. The predicted octanol–water partition coefficient (Wildman–Crippen LogP) is 3.64. The Kier molecular flexibility index (Phi) is 5.41. The van der Waals surface area contributed by atoms with Gasteiger partial charge in [-0.05, 0) is 35.3 Å². The first-order chi connectivity index (χ1) is 8.42. The van der Waals surface area contributed by atoms with Gasteiger partial charge in [-0.2, -0.15) is 0 Å². The highest BCUT2D eigenvalue weighted by molar-refractivity contribution is 9.10. The number of ether oxygens (including phenoxy) is 1. The molecule has 0 aliphatic rings. The molecule has 0 aromatic carbocycles. The van der Waals surface area contributed by atoms with Gasteiger partial charge < -0.3 is 10.1 Å². The van der Waals surface area contributed by atoms with Gasteiger partial charge in [-0.3, -0.25) is 0 Å². The topological polar surface area (TPSA) is 51.2 Å². The first kappa shape index (κ1) is 15.2. The van der Waals surface area contributed by atoms with E-state index in [1.807, 2.05) is 6.92 Å². The molecule has 1 N–H and O–H groups in total. The average molecular weight is 336 g/mol. The van der Waals surface area contributed by atoms with Gasteiger partial charge in [0.15, 0.2) is 0 Å². The van der Waals surface area contributed by atoms with Crippen molar-refractivity contribution in [1.82, 2.24) is 4.98 Å². The van der Waals surface area contributed by atoms with Crippen LogP contribution in [0.2, 0.25) is 5.02 Å². The zero-order valence-corrected chi connectivity index (χ0v) is 12.9. The van der Waals surface area contributed by atoms with Crippen LogP contribution < -0.4 is 5.32 Å². The van der Waals surface area contributed by atoms with Gasteiger partial charge in [-0.15, -0.1) is 0 Å². The number of carbonyl (C=O) groups excluding carboxylic acids is 1. The standard InChI is InChI=1S/C12H16BrClN2O2/c1-4-5-12(2,11(17)18-3)16-10-9(14)6-8(13)7-15-10/h6-7H,4-5H2,1-3H3,(H,15,16). The van der Waals surface area contributed by atoms with Crippen LogP contribution in [0, 0.1) is 0 Å². The van der Waals surface area contributed by atoms with E-state index < -0.39 is 5.54 Å². The van der Waals surface area contributed by atoms with Crippen molar-refractivity contribution in [1.29, 1.82) is 0 Å². The summed E-state index contributed by atoms with van der Waals surface area (Å²) in [6.07, 6.45) is 3.10. The van der Waals surface area contributed by atoms with Gasteiger partial charge in [0.2, 0.25) is 0 Å². The zero-order chi connectivity index (χ0) is 13.8. The molecule has 100 valence electrons. The Balaban J connectivity index is 2.99. The molecule has 1 aromatic rings. The van der Waals surface area contributed by atoms with E-state index in [4.69, 9.17) is 16.3 Å². The quantitative estimate of drug-likeness (QED) is 0.835. The van der Waals surface area contributed by atoms with Gasteiger partial charge in [0, 0.05) is 10.7 Å². The minimum atomic E-state index is -0.825. The van der Waals surface area contributed by atoms with Crippen molar-refractivity contribution in [3.05, 3.63) is 21.8 Å². The Labute approximate surface area is 120 Å². The van der Waals surface area contributed by atoms with Gasteiger partial charge in [0.05, 0.1) is 12.1 Å². The lowest BCUT2D eigenvalue weighted by Gasteiger charge is -2.28. The summed E-state index contributed by atoms with van der Waals surface area (Å²) in [5, 5.41) is 3.52. The summed E-state index contributed by atoms with van der Waals surface area (Å²) in [5.41, 5.74) is -0.825. The van der Waals surface area contributed by atoms with Crippen molar-refractivity contribution in [2.24, 2.45) is 0 Å². The number of pyridine rings is 1. The lowest BCUT2D eigenvalue weighted by atomic mass is 9.96. The SMILES string of the molecule is CCCC(C)(Nc1ncc(Br)cc1Cl)C(=O)OC. The summed E-state index contributed by atoms with van der Waals surface area (Å²) in [5.74, 6) is 0.145. The molecule has 1 unspecified atom stereocenters. The molecular weight excluding hydrogens is 320 g/mol. The van der Waals surface area contributed by atoms with Crippen LogP contribution in [-0.4, -0.2) is 23.6 Å². The summed E-state index contributed by atoms with van der Waals surface area (Å²) in [6, 6.07) is 1.72. The minimum Gasteiger partial charge on any atom is -0.467 e. The summed E-state index contributed by atoms with van der Waals surface area (Å²) in [6.45, 7) is 3.78. The van der Waals surface area contributed by atoms with Gasteiger partial charge in [0.25, 0.3) is 0 Å². The minimum absolute atomic E-state index is 0.329. The molecular formula is C12H16BrClN2O2. The van der Waals surface area contributed by atoms with E-state index in [9.17, 15) is 4.79 Å². The van der Waals surface area contributed by atoms with E-state index in [0.717, 1.165) is 10.9 Å². The van der Waals surface area contributed by atoms with E-state index in [0.29, 0.717) is 17.3 Å². The van der Waals surface area contributed by atoms with Crippen molar-refractivity contribution in [2.45, 2.75) is 32.2 Å². The highest BCUT2D eigenvalue weighted by Gasteiger charge is 2.34. The molecule has 0 saturated carbocycles. The number of halogens is 2. The van der Waals surface area contributed by atoms with Crippen LogP contribution in [0.15, 0.2) is 16.7 Å². The number of nitrogens with one attached hydrogen (secondary N) is 1. The van der Waals surface area contributed by atoms with Crippen molar-refractivity contribution >= 4 is 39.3 Å². The molecule has 1 heterocycles. The van der Waals surface area contributed by atoms with Crippen LogP contribution in [-0.2, 0) is 9.53 Å². The molecule has 0 amide bonds. The van der Waals surface area contributed by atoms with Crippen molar-refractivity contribution in [3.63, 3.8) is 0 Å². The monoisotopic (exact) mass is 334 g/mol. The van der Waals surface area contributed by atoms with Crippen LogP contribution in [0.5, 0.6) is 0 Å². The number of rotatable bonds is 5. The maximum atomic E-state index is 11.8. The van der Waals surface area contributed by atoms with Gasteiger partial charge in [-0.25, -0.2) is 9.78 Å². The maximum absolute atomic E-state index is 11.8. The Hall–Kier alpha value is -0.810. The number of anilines is 1. The molecule has 0 spiro atoms. The van der Waals surface area contributed by atoms with E-state index in [2.05, 4.69) is 26.2 Å². The van der Waals surface area contributed by atoms with Gasteiger partial charge >= 0.3 is 5.97 Å². The number of hydrogen-bond acceptors (Lipinski definition) is 4. The van der Waals surface area contributed by atoms with Crippen molar-refractivity contribution in [3.8, 4) is 0 Å². The zero-order valence-electron chi connectivity index (χ0n) is 10.6. The second-order valence-electron chi connectivity index (χ2n) is 4.18. The lowest BCUT2D eigenvalue weighted by molar-refractivity contribution is -0.145. The van der Waals surface area contributed by atoms with E-state index in [1.165, 1.54) is 7.11 Å². The largest absolute Gasteiger partial charge is 0.467 e. The van der Waals surface area contributed by atoms with Crippen molar-refractivity contribution in [2.75, 3.05) is 12.4 Å². The molecule has 1 atom stereocenters. The van der Waals surface area contributed by atoms with E-state index in [1.54, 1.807) is 19.2 Å². The summed E-state index contributed by atoms with van der Waals surface area (Å²) in [4.78, 5) is 16.0. The number of aromatic nitrogens is 1. The van der Waals surface area contributed by atoms with Gasteiger partial charge in [0.1, 0.15) is 11.4 Å². The highest BCUT2D eigenvalue weighted by atomic mass is 79.9. The fourth-order valence-electron chi connectivity index (χ4n) is 1.71. The number of nitrogens with zero attached hydrogens (tertiary/aromatic N) is 1. The Bertz CT molecular complexity index is 442. The summed E-state index contributed by atoms with van der Waals surface area (Å²) >= 11 is 9.36. The lowest BCUT2D eigenvalue weighted by Crippen LogP contribution is -2.44. The molecule has 0 bridgehead atoms.